The van der Waals surface area contributed by atoms with E-state index in [0.29, 0.717) is 32.1 Å². The molecule has 1 aliphatic heterocycles. The number of rotatable bonds is 3. The Balaban J connectivity index is 1.98. The number of ether oxygens (including phenoxy) is 2. The van der Waals surface area contributed by atoms with Gasteiger partial charge in [-0.05, 0) is 18.2 Å². The zero-order valence-corrected chi connectivity index (χ0v) is 12.6. The molecule has 0 atom stereocenters. The molecule has 7 heteroatoms. The second kappa shape index (κ2) is 5.41. The lowest BCUT2D eigenvalue weighted by molar-refractivity contribution is 0.0805. The van der Waals surface area contributed by atoms with Gasteiger partial charge in [0.25, 0.3) is 0 Å². The van der Waals surface area contributed by atoms with Crippen LogP contribution >= 0.6 is 15.9 Å². The van der Waals surface area contributed by atoms with Crippen molar-refractivity contribution in [3.05, 3.63) is 44.5 Å². The summed E-state index contributed by atoms with van der Waals surface area (Å²) in [6.45, 7) is 1.88. The van der Waals surface area contributed by atoms with Crippen molar-refractivity contribution in [1.82, 2.24) is 14.3 Å². The first-order chi connectivity index (χ1) is 9.69. The van der Waals surface area contributed by atoms with E-state index in [1.54, 1.807) is 11.7 Å². The number of methoxy groups -OCH3 is 1. The van der Waals surface area contributed by atoms with Gasteiger partial charge in [0.2, 0.25) is 0 Å². The highest BCUT2D eigenvalue weighted by molar-refractivity contribution is 9.10. The number of halogens is 1. The summed E-state index contributed by atoms with van der Waals surface area (Å²) in [5.41, 5.74) is 0.797. The van der Waals surface area contributed by atoms with Gasteiger partial charge >= 0.3 is 5.69 Å². The fraction of sp³-hybridized carbons (Fsp3) is 0.385. The Morgan fingerprint density at radius 1 is 1.50 bits per heavy atom. The minimum atomic E-state index is -0.106. The van der Waals surface area contributed by atoms with Crippen LogP contribution in [0.2, 0.25) is 0 Å². The normalized spacial score (nSPS) is 14.1. The van der Waals surface area contributed by atoms with Crippen LogP contribution in [0.5, 0.6) is 5.75 Å². The average Bonchev–Trinajstić information content (AvgIpc) is 2.76. The highest BCUT2D eigenvalue weighted by Gasteiger charge is 2.18. The number of nitrogens with zero attached hydrogens (tertiary/aromatic N) is 3. The van der Waals surface area contributed by atoms with Crippen molar-refractivity contribution in [2.45, 2.75) is 19.7 Å². The van der Waals surface area contributed by atoms with E-state index in [4.69, 9.17) is 9.47 Å². The molecule has 0 bridgehead atoms. The molecule has 106 valence electrons. The minimum Gasteiger partial charge on any atom is -0.496 e. The summed E-state index contributed by atoms with van der Waals surface area (Å²) in [6.07, 6.45) is 0. The zero-order valence-electron chi connectivity index (χ0n) is 11.0. The molecule has 0 N–H and O–H groups in total. The second-order valence-corrected chi connectivity index (χ2v) is 5.43. The van der Waals surface area contributed by atoms with Gasteiger partial charge in [-0.25, -0.2) is 9.48 Å². The molecule has 0 fully saturated rings. The quantitative estimate of drug-likeness (QED) is 0.847. The lowest BCUT2D eigenvalue weighted by Gasteiger charge is -2.11. The standard InChI is InChI=1S/C13H14BrN3O3/c1-19-11-3-2-10(14)6-9(11)7-17-13(18)16-4-5-20-8-12(16)15-17/h2-3,6H,4-5,7-8H2,1H3. The monoisotopic (exact) mass is 339 g/mol. The van der Waals surface area contributed by atoms with Gasteiger partial charge in [0.15, 0.2) is 5.82 Å². The molecule has 0 radical (unpaired) electrons. The Hall–Kier alpha value is -1.60. The SMILES string of the molecule is COc1ccc(Br)cc1Cn1nc2n(c1=O)CCOC2. The maximum absolute atomic E-state index is 12.3. The van der Waals surface area contributed by atoms with Crippen molar-refractivity contribution in [2.24, 2.45) is 0 Å². The summed E-state index contributed by atoms with van der Waals surface area (Å²) in [5, 5.41) is 4.32. The van der Waals surface area contributed by atoms with E-state index < -0.39 is 0 Å². The van der Waals surface area contributed by atoms with Crippen LogP contribution < -0.4 is 10.4 Å². The zero-order chi connectivity index (χ0) is 14.1. The van der Waals surface area contributed by atoms with Crippen LogP contribution in [0.3, 0.4) is 0 Å². The van der Waals surface area contributed by atoms with Crippen LogP contribution in [-0.2, 0) is 24.4 Å². The Kier molecular flexibility index (Phi) is 3.62. The third-order valence-electron chi connectivity index (χ3n) is 3.25. The predicted molar refractivity (Wildman–Crippen MR) is 75.9 cm³/mol. The molecular weight excluding hydrogens is 326 g/mol. The topological polar surface area (TPSA) is 58.3 Å². The van der Waals surface area contributed by atoms with E-state index in [-0.39, 0.29) is 5.69 Å². The first kappa shape index (κ1) is 13.4. The average molecular weight is 340 g/mol. The van der Waals surface area contributed by atoms with E-state index in [1.807, 2.05) is 18.2 Å². The van der Waals surface area contributed by atoms with Gasteiger partial charge in [0.1, 0.15) is 12.4 Å². The molecule has 0 unspecified atom stereocenters. The molecule has 1 aliphatic rings. The van der Waals surface area contributed by atoms with Crippen LogP contribution in [0.4, 0.5) is 0 Å². The highest BCUT2D eigenvalue weighted by Crippen LogP contribution is 2.23. The molecule has 1 aromatic heterocycles. The molecule has 2 heterocycles. The molecule has 6 nitrogen and oxygen atoms in total. The lowest BCUT2D eigenvalue weighted by atomic mass is 10.2. The molecule has 2 aromatic rings. The van der Waals surface area contributed by atoms with Gasteiger partial charge in [0.05, 0.1) is 26.8 Å². The number of hydrogen-bond acceptors (Lipinski definition) is 4. The van der Waals surface area contributed by atoms with E-state index in [1.165, 1.54) is 4.68 Å². The molecule has 0 saturated heterocycles. The Morgan fingerprint density at radius 2 is 2.35 bits per heavy atom. The summed E-state index contributed by atoms with van der Waals surface area (Å²) in [4.78, 5) is 12.3. The van der Waals surface area contributed by atoms with E-state index in [0.717, 1.165) is 15.8 Å². The van der Waals surface area contributed by atoms with Crippen molar-refractivity contribution in [3.63, 3.8) is 0 Å². The van der Waals surface area contributed by atoms with E-state index >= 15 is 0 Å². The Labute approximate surface area is 124 Å². The predicted octanol–water partition coefficient (Wildman–Crippen LogP) is 1.39. The first-order valence-corrected chi connectivity index (χ1v) is 7.05. The number of fused-ring (bicyclic) bond motifs is 1. The van der Waals surface area contributed by atoms with Crippen molar-refractivity contribution < 1.29 is 9.47 Å². The van der Waals surface area contributed by atoms with Crippen molar-refractivity contribution in [1.29, 1.82) is 0 Å². The molecule has 3 rings (SSSR count). The molecule has 0 aliphatic carbocycles. The van der Waals surface area contributed by atoms with Crippen LogP contribution in [0.15, 0.2) is 27.5 Å². The van der Waals surface area contributed by atoms with E-state index in [2.05, 4.69) is 21.0 Å². The molecule has 1 aromatic carbocycles. The van der Waals surface area contributed by atoms with Crippen LogP contribution in [0.1, 0.15) is 11.4 Å². The largest absolute Gasteiger partial charge is 0.496 e. The van der Waals surface area contributed by atoms with Gasteiger partial charge < -0.3 is 9.47 Å². The second-order valence-electron chi connectivity index (χ2n) is 4.52. The number of aromatic nitrogens is 3. The van der Waals surface area contributed by atoms with E-state index in [9.17, 15) is 4.79 Å². The summed E-state index contributed by atoms with van der Waals surface area (Å²) < 4.78 is 14.7. The number of benzene rings is 1. The van der Waals surface area contributed by atoms with Crippen molar-refractivity contribution in [2.75, 3.05) is 13.7 Å². The first-order valence-electron chi connectivity index (χ1n) is 6.25. The summed E-state index contributed by atoms with van der Waals surface area (Å²) >= 11 is 3.43. The maximum Gasteiger partial charge on any atom is 0.346 e. The van der Waals surface area contributed by atoms with Gasteiger partial charge in [-0.2, -0.15) is 5.10 Å². The van der Waals surface area contributed by atoms with Crippen LogP contribution in [0, 0.1) is 0 Å². The third-order valence-corrected chi connectivity index (χ3v) is 3.75. The Morgan fingerprint density at radius 3 is 3.10 bits per heavy atom. The summed E-state index contributed by atoms with van der Waals surface area (Å²) in [6, 6.07) is 5.70. The Bertz CT molecular complexity index is 693. The van der Waals surface area contributed by atoms with Gasteiger partial charge in [0, 0.05) is 10.0 Å². The minimum absolute atomic E-state index is 0.106. The maximum atomic E-state index is 12.3. The van der Waals surface area contributed by atoms with Crippen molar-refractivity contribution in [3.8, 4) is 5.75 Å². The van der Waals surface area contributed by atoms with Gasteiger partial charge in [-0.1, -0.05) is 15.9 Å². The highest BCUT2D eigenvalue weighted by atomic mass is 79.9. The fourth-order valence-corrected chi connectivity index (χ4v) is 2.68. The molecule has 0 amide bonds. The molecule has 0 spiro atoms. The van der Waals surface area contributed by atoms with Crippen LogP contribution in [-0.4, -0.2) is 28.1 Å². The smallest absolute Gasteiger partial charge is 0.346 e. The van der Waals surface area contributed by atoms with Gasteiger partial charge in [-0.15, -0.1) is 0 Å². The third kappa shape index (κ3) is 2.38. The van der Waals surface area contributed by atoms with Gasteiger partial charge in [-0.3, -0.25) is 4.57 Å². The lowest BCUT2D eigenvalue weighted by Crippen LogP contribution is -2.29. The number of hydrogen-bond donors (Lipinski definition) is 0. The van der Waals surface area contributed by atoms with Crippen LogP contribution in [0.25, 0.3) is 0 Å². The summed E-state index contributed by atoms with van der Waals surface area (Å²) in [5.74, 6) is 1.41. The fourth-order valence-electron chi connectivity index (χ4n) is 2.27. The molecule has 20 heavy (non-hydrogen) atoms. The summed E-state index contributed by atoms with van der Waals surface area (Å²) in [7, 11) is 1.61. The molecular formula is C13H14BrN3O3. The molecule has 0 saturated carbocycles. The van der Waals surface area contributed by atoms with Crippen molar-refractivity contribution >= 4 is 15.9 Å².